The molecule has 1 saturated carbocycles. The molecule has 1 heterocycles. The maximum Gasteiger partial charge on any atom is 0.311 e. The fourth-order valence-corrected chi connectivity index (χ4v) is 2.55. The predicted molar refractivity (Wildman–Crippen MR) is 84.1 cm³/mol. The number of carbonyl (C=O) groups excluding carboxylic acids is 1. The molecule has 0 bridgehead atoms. The molecule has 2 aromatic rings. The van der Waals surface area contributed by atoms with Gasteiger partial charge in [0.1, 0.15) is 0 Å². The van der Waals surface area contributed by atoms with Crippen LogP contribution in [-0.4, -0.2) is 33.3 Å². The van der Waals surface area contributed by atoms with Crippen molar-refractivity contribution in [2.45, 2.75) is 26.3 Å². The lowest BCUT2D eigenvalue weighted by Crippen LogP contribution is -2.34. The number of hydrogen-bond acceptors (Lipinski definition) is 3. The Hall–Kier alpha value is -2.63. The Morgan fingerprint density at radius 1 is 1.30 bits per heavy atom. The number of carboxylic acid groups (broad SMARTS) is 1. The molecule has 1 fully saturated rings. The number of rotatable bonds is 6. The number of carbonyl (C=O) groups is 2. The Morgan fingerprint density at radius 3 is 2.61 bits per heavy atom. The summed E-state index contributed by atoms with van der Waals surface area (Å²) in [5.74, 6) is -1.11. The van der Waals surface area contributed by atoms with Crippen molar-refractivity contribution in [2.75, 3.05) is 6.54 Å². The minimum Gasteiger partial charge on any atom is -0.481 e. The quantitative estimate of drug-likeness (QED) is 0.852. The van der Waals surface area contributed by atoms with Gasteiger partial charge in [0.15, 0.2) is 0 Å². The van der Waals surface area contributed by atoms with Crippen LogP contribution >= 0.6 is 0 Å². The molecule has 0 aliphatic heterocycles. The molecular weight excluding hydrogens is 294 g/mol. The van der Waals surface area contributed by atoms with E-state index < -0.39 is 11.4 Å². The Labute approximate surface area is 134 Å². The normalized spacial score (nSPS) is 15.2. The first-order valence-corrected chi connectivity index (χ1v) is 7.60. The Morgan fingerprint density at radius 2 is 2.00 bits per heavy atom. The molecule has 0 radical (unpaired) electrons. The molecular formula is C17H19N3O3. The molecule has 23 heavy (non-hydrogen) atoms. The van der Waals surface area contributed by atoms with Gasteiger partial charge in [0.2, 0.25) is 0 Å². The van der Waals surface area contributed by atoms with Crippen molar-refractivity contribution < 1.29 is 14.7 Å². The van der Waals surface area contributed by atoms with E-state index in [1.807, 2.05) is 37.3 Å². The first kappa shape index (κ1) is 15.3. The van der Waals surface area contributed by atoms with E-state index in [1.165, 1.54) is 6.20 Å². The van der Waals surface area contributed by atoms with Crippen LogP contribution in [0.2, 0.25) is 0 Å². The number of aromatic nitrogens is 2. The highest BCUT2D eigenvalue weighted by molar-refractivity contribution is 5.95. The molecule has 1 aromatic heterocycles. The molecule has 0 atom stereocenters. The van der Waals surface area contributed by atoms with Crippen LogP contribution in [0.3, 0.4) is 0 Å². The van der Waals surface area contributed by atoms with Crippen LogP contribution in [0.1, 0.15) is 34.5 Å². The standard InChI is InChI=1S/C17H19N3O3/c1-12-14(15(21)18-11-17(7-8-17)16(22)23)9-19-20(12)10-13-5-3-2-4-6-13/h2-6,9H,7-8,10-11H2,1H3,(H,18,21)(H,22,23). The van der Waals surface area contributed by atoms with Gasteiger partial charge in [-0.1, -0.05) is 30.3 Å². The SMILES string of the molecule is Cc1c(C(=O)NCC2(C(=O)O)CC2)cnn1Cc1ccccc1. The van der Waals surface area contributed by atoms with Crippen molar-refractivity contribution in [3.63, 3.8) is 0 Å². The third kappa shape index (κ3) is 3.11. The van der Waals surface area contributed by atoms with Gasteiger partial charge in [-0.25, -0.2) is 0 Å². The molecule has 120 valence electrons. The summed E-state index contributed by atoms with van der Waals surface area (Å²) in [5, 5.41) is 16.1. The topological polar surface area (TPSA) is 84.2 Å². The first-order valence-electron chi connectivity index (χ1n) is 7.60. The van der Waals surface area contributed by atoms with Crippen molar-refractivity contribution in [2.24, 2.45) is 5.41 Å². The van der Waals surface area contributed by atoms with Gasteiger partial charge in [-0.05, 0) is 25.3 Å². The van der Waals surface area contributed by atoms with Gasteiger partial charge < -0.3 is 10.4 Å². The van der Waals surface area contributed by atoms with E-state index in [9.17, 15) is 9.59 Å². The van der Waals surface area contributed by atoms with Gasteiger partial charge in [-0.15, -0.1) is 0 Å². The lowest BCUT2D eigenvalue weighted by molar-refractivity contribution is -0.143. The van der Waals surface area contributed by atoms with E-state index in [0.717, 1.165) is 11.3 Å². The van der Waals surface area contributed by atoms with Crippen molar-refractivity contribution >= 4 is 11.9 Å². The summed E-state index contributed by atoms with van der Waals surface area (Å²) in [6.45, 7) is 2.61. The zero-order valence-corrected chi connectivity index (χ0v) is 13.0. The van der Waals surface area contributed by atoms with E-state index in [4.69, 9.17) is 5.11 Å². The van der Waals surface area contributed by atoms with E-state index in [0.29, 0.717) is 24.9 Å². The number of benzene rings is 1. The fraction of sp³-hybridized carbons (Fsp3) is 0.353. The van der Waals surface area contributed by atoms with Gasteiger partial charge in [-0.2, -0.15) is 5.10 Å². The lowest BCUT2D eigenvalue weighted by Gasteiger charge is -2.11. The van der Waals surface area contributed by atoms with Crippen LogP contribution in [0.15, 0.2) is 36.5 Å². The van der Waals surface area contributed by atoms with Gasteiger partial charge in [0.25, 0.3) is 5.91 Å². The van der Waals surface area contributed by atoms with Crippen LogP contribution in [0, 0.1) is 12.3 Å². The molecule has 0 saturated heterocycles. The largest absolute Gasteiger partial charge is 0.481 e. The van der Waals surface area contributed by atoms with Crippen LogP contribution in [-0.2, 0) is 11.3 Å². The monoisotopic (exact) mass is 313 g/mol. The van der Waals surface area contributed by atoms with Crippen LogP contribution in [0.5, 0.6) is 0 Å². The van der Waals surface area contributed by atoms with E-state index >= 15 is 0 Å². The third-order valence-corrected chi connectivity index (χ3v) is 4.42. The molecule has 1 amide bonds. The maximum atomic E-state index is 12.3. The van der Waals surface area contributed by atoms with Crippen LogP contribution < -0.4 is 5.32 Å². The summed E-state index contributed by atoms with van der Waals surface area (Å²) in [7, 11) is 0. The highest BCUT2D eigenvalue weighted by Crippen LogP contribution is 2.45. The minimum absolute atomic E-state index is 0.171. The highest BCUT2D eigenvalue weighted by atomic mass is 16.4. The summed E-state index contributed by atoms with van der Waals surface area (Å²) >= 11 is 0. The zero-order chi connectivity index (χ0) is 16.4. The number of nitrogens with one attached hydrogen (secondary N) is 1. The Bertz CT molecular complexity index is 733. The second kappa shape index (κ2) is 5.87. The summed E-state index contributed by atoms with van der Waals surface area (Å²) in [6.07, 6.45) is 2.78. The van der Waals surface area contributed by atoms with Crippen LogP contribution in [0.25, 0.3) is 0 Å². The molecule has 0 spiro atoms. The molecule has 2 N–H and O–H groups in total. The van der Waals surface area contributed by atoms with Crippen molar-refractivity contribution in [1.82, 2.24) is 15.1 Å². The highest BCUT2D eigenvalue weighted by Gasteiger charge is 2.50. The average molecular weight is 313 g/mol. The van der Waals surface area contributed by atoms with Crippen molar-refractivity contribution in [1.29, 1.82) is 0 Å². The molecule has 0 unspecified atom stereocenters. The number of hydrogen-bond donors (Lipinski definition) is 2. The molecule has 6 heteroatoms. The molecule has 1 aliphatic rings. The lowest BCUT2D eigenvalue weighted by atomic mass is 10.1. The van der Waals surface area contributed by atoms with Crippen LogP contribution in [0.4, 0.5) is 0 Å². The predicted octanol–water partition coefficient (Wildman–Crippen LogP) is 1.83. The van der Waals surface area contributed by atoms with E-state index in [-0.39, 0.29) is 12.5 Å². The second-order valence-electron chi connectivity index (χ2n) is 6.06. The Balaban J connectivity index is 1.67. The maximum absolute atomic E-state index is 12.3. The van der Waals surface area contributed by atoms with Gasteiger partial charge in [0, 0.05) is 12.2 Å². The fourth-order valence-electron chi connectivity index (χ4n) is 2.55. The van der Waals surface area contributed by atoms with Gasteiger partial charge in [-0.3, -0.25) is 14.3 Å². The summed E-state index contributed by atoms with van der Waals surface area (Å²) in [5.41, 5.74) is 1.60. The summed E-state index contributed by atoms with van der Waals surface area (Å²) in [4.78, 5) is 23.4. The number of aliphatic carboxylic acids is 1. The number of carboxylic acids is 1. The molecule has 1 aliphatic carbocycles. The minimum atomic E-state index is -0.839. The molecule has 3 rings (SSSR count). The second-order valence-corrected chi connectivity index (χ2v) is 6.06. The number of amides is 1. The first-order chi connectivity index (χ1) is 11.0. The average Bonchev–Trinajstić information content (AvgIpc) is 3.26. The van der Waals surface area contributed by atoms with Crippen molar-refractivity contribution in [3.8, 4) is 0 Å². The smallest absolute Gasteiger partial charge is 0.311 e. The molecule has 6 nitrogen and oxygen atoms in total. The summed E-state index contributed by atoms with van der Waals surface area (Å²) in [6, 6.07) is 9.88. The van der Waals surface area contributed by atoms with E-state index in [1.54, 1.807) is 4.68 Å². The molecule has 1 aromatic carbocycles. The number of nitrogens with zero attached hydrogens (tertiary/aromatic N) is 2. The van der Waals surface area contributed by atoms with E-state index in [2.05, 4.69) is 10.4 Å². The zero-order valence-electron chi connectivity index (χ0n) is 13.0. The van der Waals surface area contributed by atoms with Crippen molar-refractivity contribution in [3.05, 3.63) is 53.3 Å². The summed E-state index contributed by atoms with van der Waals surface area (Å²) < 4.78 is 1.77. The van der Waals surface area contributed by atoms with Gasteiger partial charge >= 0.3 is 5.97 Å². The Kier molecular flexibility index (Phi) is 3.90. The van der Waals surface area contributed by atoms with Gasteiger partial charge in [0.05, 0.1) is 23.7 Å². The third-order valence-electron chi connectivity index (χ3n) is 4.42.